The van der Waals surface area contributed by atoms with Gasteiger partial charge in [0, 0.05) is 23.9 Å². The number of amides is 2. The second-order valence-electron chi connectivity index (χ2n) is 7.28. The molecule has 3 aromatic carbocycles. The average Bonchev–Trinajstić information content (AvgIpc) is 2.80. The van der Waals surface area contributed by atoms with Gasteiger partial charge in [0.1, 0.15) is 0 Å². The van der Waals surface area contributed by atoms with Crippen LogP contribution in [-0.2, 0) is 11.3 Å². The van der Waals surface area contributed by atoms with Crippen molar-refractivity contribution < 1.29 is 19.4 Å². The van der Waals surface area contributed by atoms with Gasteiger partial charge < -0.3 is 15.2 Å². The number of carbonyl (C=O) groups excluding carboxylic acids is 2. The lowest BCUT2D eigenvalue weighted by Gasteiger charge is -2.19. The number of carbonyl (C=O) groups is 2. The number of phenolic OH excluding ortho intramolecular Hbond substituents is 1. The number of hydrogen-bond acceptors (Lipinski definition) is 5. The summed E-state index contributed by atoms with van der Waals surface area (Å²) in [6.07, 6.45) is 5.51. The number of fused-ring (bicyclic) bond motifs is 1. The lowest BCUT2D eigenvalue weighted by atomic mass is 9.93. The van der Waals surface area contributed by atoms with Crippen molar-refractivity contribution in [1.82, 2.24) is 10.6 Å². The molecule has 0 saturated heterocycles. The van der Waals surface area contributed by atoms with E-state index in [1.807, 2.05) is 60.7 Å². The van der Waals surface area contributed by atoms with E-state index in [1.165, 1.54) is 7.11 Å². The molecule has 0 radical (unpaired) electrons. The van der Waals surface area contributed by atoms with Gasteiger partial charge in [-0.25, -0.2) is 0 Å². The minimum Gasteiger partial charge on any atom is -0.504 e. The van der Waals surface area contributed by atoms with Crippen molar-refractivity contribution in [2.75, 3.05) is 7.11 Å². The maximum absolute atomic E-state index is 12.5. The Hall–Kier alpha value is -4.32. The predicted octanol–water partition coefficient (Wildman–Crippen LogP) is 3.97. The maximum Gasteiger partial charge on any atom is 0.260 e. The molecule has 1 aliphatic rings. The highest BCUT2D eigenvalue weighted by atomic mass is 16.5. The largest absolute Gasteiger partial charge is 0.504 e. The summed E-state index contributed by atoms with van der Waals surface area (Å²) >= 11 is 0. The number of phenols is 1. The van der Waals surface area contributed by atoms with Crippen molar-refractivity contribution in [3.8, 4) is 11.5 Å². The number of nitrogens with one attached hydrogen (secondary N) is 2. The molecule has 1 heterocycles. The van der Waals surface area contributed by atoms with E-state index in [9.17, 15) is 14.7 Å². The molecule has 0 aliphatic carbocycles. The third-order valence-corrected chi connectivity index (χ3v) is 5.11. The van der Waals surface area contributed by atoms with E-state index in [0.717, 1.165) is 16.7 Å². The molecule has 0 saturated carbocycles. The topological polar surface area (TPSA) is 87.7 Å². The van der Waals surface area contributed by atoms with Gasteiger partial charge in [-0.2, -0.15) is 0 Å². The van der Waals surface area contributed by atoms with Crippen LogP contribution in [0, 0.1) is 0 Å². The van der Waals surface area contributed by atoms with Crippen LogP contribution in [0.15, 0.2) is 72.9 Å². The van der Waals surface area contributed by atoms with E-state index in [0.29, 0.717) is 29.0 Å². The summed E-state index contributed by atoms with van der Waals surface area (Å²) < 4.78 is 5.05. The third-order valence-electron chi connectivity index (χ3n) is 5.11. The first-order valence-corrected chi connectivity index (χ1v) is 10.1. The molecule has 1 aliphatic heterocycles. The Morgan fingerprint density at radius 3 is 2.44 bits per heavy atom. The SMILES string of the molecule is COc1ccc(CN/C=C2\C(=O)NC(=O)c3ccc(/C=C/c4ccccc4)cc32)cc1O. The zero-order valence-electron chi connectivity index (χ0n) is 17.5. The van der Waals surface area contributed by atoms with E-state index in [4.69, 9.17) is 4.74 Å². The highest BCUT2D eigenvalue weighted by Gasteiger charge is 2.27. The minimum atomic E-state index is -0.461. The summed E-state index contributed by atoms with van der Waals surface area (Å²) in [5.74, 6) is -0.444. The first-order valence-electron chi connectivity index (χ1n) is 10.1. The van der Waals surface area contributed by atoms with Crippen molar-refractivity contribution in [3.05, 3.63) is 101 Å². The number of benzene rings is 3. The number of aromatic hydroxyl groups is 1. The van der Waals surface area contributed by atoms with Crippen molar-refractivity contribution >= 4 is 29.5 Å². The third kappa shape index (κ3) is 4.54. The van der Waals surface area contributed by atoms with Crippen LogP contribution in [0.3, 0.4) is 0 Å². The molecule has 6 nitrogen and oxygen atoms in total. The van der Waals surface area contributed by atoms with E-state index >= 15 is 0 Å². The lowest BCUT2D eigenvalue weighted by molar-refractivity contribution is -0.114. The molecule has 3 N–H and O–H groups in total. The second-order valence-corrected chi connectivity index (χ2v) is 7.28. The van der Waals surface area contributed by atoms with Crippen molar-refractivity contribution in [2.45, 2.75) is 6.54 Å². The normalized spacial score (nSPS) is 14.3. The van der Waals surface area contributed by atoms with Gasteiger partial charge in [0.15, 0.2) is 11.5 Å². The van der Waals surface area contributed by atoms with Gasteiger partial charge in [-0.1, -0.05) is 54.6 Å². The van der Waals surface area contributed by atoms with Crippen LogP contribution in [0.2, 0.25) is 0 Å². The van der Waals surface area contributed by atoms with Gasteiger partial charge in [-0.3, -0.25) is 14.9 Å². The van der Waals surface area contributed by atoms with Crippen LogP contribution < -0.4 is 15.4 Å². The van der Waals surface area contributed by atoms with Gasteiger partial charge in [-0.05, 0) is 41.0 Å². The molecule has 4 rings (SSSR count). The summed E-state index contributed by atoms with van der Waals surface area (Å²) in [5, 5.41) is 15.4. The van der Waals surface area contributed by atoms with Crippen LogP contribution >= 0.6 is 0 Å². The summed E-state index contributed by atoms with van der Waals surface area (Å²) in [5.41, 5.74) is 4.12. The monoisotopic (exact) mass is 426 g/mol. The molecule has 0 fully saturated rings. The number of rotatable bonds is 6. The van der Waals surface area contributed by atoms with Gasteiger partial charge >= 0.3 is 0 Å². The van der Waals surface area contributed by atoms with E-state index in [2.05, 4.69) is 10.6 Å². The fraction of sp³-hybridized carbons (Fsp3) is 0.0769. The van der Waals surface area contributed by atoms with Crippen molar-refractivity contribution in [3.63, 3.8) is 0 Å². The van der Waals surface area contributed by atoms with Gasteiger partial charge in [0.25, 0.3) is 11.8 Å². The zero-order chi connectivity index (χ0) is 22.5. The lowest BCUT2D eigenvalue weighted by Crippen LogP contribution is -2.37. The Balaban J connectivity index is 1.58. The second kappa shape index (κ2) is 9.22. The van der Waals surface area contributed by atoms with Crippen LogP contribution in [0.25, 0.3) is 17.7 Å². The Labute approximate surface area is 185 Å². The standard InChI is InChI=1S/C26H22N2O4/c1-32-24-12-10-19(14-23(24)29)15-27-16-22-21-13-18(8-7-17-5-3-2-4-6-17)9-11-20(21)25(30)28-26(22)31/h2-14,16,27,29H,15H2,1H3,(H,28,30,31)/b8-7+,22-16-. The Morgan fingerprint density at radius 2 is 1.69 bits per heavy atom. The minimum absolute atomic E-state index is 0.0423. The van der Waals surface area contributed by atoms with Crippen LogP contribution in [0.5, 0.6) is 11.5 Å². The first-order chi connectivity index (χ1) is 15.5. The van der Waals surface area contributed by atoms with E-state index < -0.39 is 11.8 Å². The number of ether oxygens (including phenoxy) is 1. The molecule has 160 valence electrons. The molecule has 0 unspecified atom stereocenters. The molecule has 0 aromatic heterocycles. The number of hydrogen-bond donors (Lipinski definition) is 3. The first kappa shape index (κ1) is 20.9. The number of imide groups is 1. The zero-order valence-corrected chi connectivity index (χ0v) is 17.5. The Morgan fingerprint density at radius 1 is 0.906 bits per heavy atom. The summed E-state index contributed by atoms with van der Waals surface area (Å²) in [6.45, 7) is 0.380. The summed E-state index contributed by atoms with van der Waals surface area (Å²) in [7, 11) is 1.49. The van der Waals surface area contributed by atoms with Gasteiger partial charge in [0.2, 0.25) is 0 Å². The smallest absolute Gasteiger partial charge is 0.260 e. The summed E-state index contributed by atoms with van der Waals surface area (Å²) in [4.78, 5) is 24.8. The fourth-order valence-corrected chi connectivity index (χ4v) is 3.46. The van der Waals surface area contributed by atoms with E-state index in [1.54, 1.807) is 24.4 Å². The fourth-order valence-electron chi connectivity index (χ4n) is 3.46. The van der Waals surface area contributed by atoms with Gasteiger partial charge in [0.05, 0.1) is 12.7 Å². The maximum atomic E-state index is 12.5. The molecule has 2 amide bonds. The molecule has 0 spiro atoms. The average molecular weight is 426 g/mol. The Bertz CT molecular complexity index is 1230. The van der Waals surface area contributed by atoms with Crippen molar-refractivity contribution in [1.29, 1.82) is 0 Å². The van der Waals surface area contributed by atoms with E-state index in [-0.39, 0.29) is 5.75 Å². The number of methoxy groups -OCH3 is 1. The molecule has 0 bridgehead atoms. The summed E-state index contributed by atoms with van der Waals surface area (Å²) in [6, 6.07) is 20.4. The predicted molar refractivity (Wildman–Crippen MR) is 124 cm³/mol. The van der Waals surface area contributed by atoms with Gasteiger partial charge in [-0.15, -0.1) is 0 Å². The molecule has 32 heavy (non-hydrogen) atoms. The van der Waals surface area contributed by atoms with Crippen molar-refractivity contribution in [2.24, 2.45) is 0 Å². The van der Waals surface area contributed by atoms with Crippen LogP contribution in [-0.4, -0.2) is 24.0 Å². The Kier molecular flexibility index (Phi) is 6.03. The quantitative estimate of drug-likeness (QED) is 0.315. The molecular formula is C26H22N2O4. The van der Waals surface area contributed by atoms with Crippen LogP contribution in [0.1, 0.15) is 32.6 Å². The molecule has 0 atom stereocenters. The molecule has 3 aromatic rings. The molecule has 6 heteroatoms. The highest BCUT2D eigenvalue weighted by molar-refractivity contribution is 6.31. The van der Waals surface area contributed by atoms with Crippen LogP contribution in [0.4, 0.5) is 0 Å². The molecular weight excluding hydrogens is 404 g/mol. The highest BCUT2D eigenvalue weighted by Crippen LogP contribution is 2.27.